The van der Waals surface area contributed by atoms with Gasteiger partial charge in [-0.3, -0.25) is 0 Å². The molecule has 0 N–H and O–H groups in total. The summed E-state index contributed by atoms with van der Waals surface area (Å²) < 4.78 is 0. The minimum Gasteiger partial charge on any atom is -1.00 e. The topological polar surface area (TPSA) is 0 Å². The van der Waals surface area contributed by atoms with Crippen molar-refractivity contribution in [3.8, 4) is 0 Å². The summed E-state index contributed by atoms with van der Waals surface area (Å²) in [4.78, 5) is 0. The van der Waals surface area contributed by atoms with Crippen molar-refractivity contribution in [2.24, 2.45) is 0 Å². The van der Waals surface area contributed by atoms with Gasteiger partial charge in [0.05, 0.1) is 0 Å². The number of rotatable bonds is 0. The van der Waals surface area contributed by atoms with Crippen LogP contribution in [-0.2, 0) is 0 Å². The molecule has 0 unspecified atom stereocenters. The van der Waals surface area contributed by atoms with Crippen molar-refractivity contribution >= 4 is 0 Å². The lowest BCUT2D eigenvalue weighted by Gasteiger charge is -0.0786. The molecule has 0 rings (SSSR count). The van der Waals surface area contributed by atoms with Crippen LogP contribution in [0.4, 0.5) is 0 Å². The molecule has 6 heavy (non-hydrogen) atoms. The van der Waals surface area contributed by atoms with Gasteiger partial charge >= 0.3 is 0 Å². The van der Waals surface area contributed by atoms with Gasteiger partial charge in [-0.25, -0.2) is 0 Å². The number of hydrogen-bond donors (Lipinski definition) is 0. The SMILES string of the molecule is C.C.C.C.C.C.[3H-].[3H-].[3HH].[3HH]. The Hall–Kier alpha value is 0. The Morgan fingerprint density at radius 3 is 0.500 bits per heavy atom. The maximum atomic E-state index is 0. The quantitative estimate of drug-likeness (QED) is 0.429. The molecule has 0 aromatic heterocycles. The van der Waals surface area contributed by atoms with Crippen LogP contribution in [0.1, 0.15) is 50.3 Å². The predicted octanol–water partition coefficient (Wildman–Crippen LogP) is 4.53. The average Bonchev–Trinajstić information content (AvgIpc) is 0. The lowest BCUT2D eigenvalue weighted by molar-refractivity contribution is 2.50. The molecule has 0 aromatic rings. The standard InChI is InChI=1S/6CH4.2H2.2H/h6*1H4;2*1H;;/q;;;;;;;;2*-1/i;;;;;;4*1+2. The fraction of sp³-hybridized carbons (Fsp3) is 1.00. The van der Waals surface area contributed by atoms with Crippen LogP contribution in [0.3, 0.4) is 0 Å². The molecule has 0 saturated carbocycles. The summed E-state index contributed by atoms with van der Waals surface area (Å²) in [5, 5.41) is 0. The first-order valence-corrected chi connectivity index (χ1v) is 0. The van der Waals surface area contributed by atoms with Crippen LogP contribution in [0, 0.1) is 0 Å². The van der Waals surface area contributed by atoms with Gasteiger partial charge in [0.15, 0.2) is 0 Å². The minimum atomic E-state index is 0. The maximum absolute atomic E-state index is 0. The molecule has 0 aliphatic heterocycles. The van der Waals surface area contributed by atoms with Crippen molar-refractivity contribution < 1.29 is 5.71 Å². The number of hydrogen-bond acceptors (Lipinski definition) is 0. The summed E-state index contributed by atoms with van der Waals surface area (Å²) in [5.41, 5.74) is 0. The Kier molecular flexibility index (Phi) is 0. The zero-order chi connectivity index (χ0) is 0. The molecule has 0 fully saturated rings. The van der Waals surface area contributed by atoms with E-state index in [0.29, 0.717) is 0 Å². The first kappa shape index (κ1) is 0. The van der Waals surface area contributed by atoms with Crippen molar-refractivity contribution in [2.45, 2.75) is 44.6 Å². The van der Waals surface area contributed by atoms with Gasteiger partial charge in [-0.2, -0.15) is 0 Å². The summed E-state index contributed by atoms with van der Waals surface area (Å²) in [6.07, 6.45) is 0. The summed E-state index contributed by atoms with van der Waals surface area (Å²) >= 11 is 0. The highest BCUT2D eigenvalue weighted by Crippen LogP contribution is 0.149. The Morgan fingerprint density at radius 2 is 0.500 bits per heavy atom. The van der Waals surface area contributed by atoms with Gasteiger partial charge in [-0.1, -0.05) is 44.6 Å². The van der Waals surface area contributed by atoms with E-state index in [2.05, 4.69) is 0 Å². The molecule has 0 atom stereocenters. The van der Waals surface area contributed by atoms with Crippen LogP contribution < -0.4 is 0 Å². The largest absolute Gasteiger partial charge is 1.00 e. The monoisotopic (exact) mass is 110 g/mol. The second kappa shape index (κ2) is 0. The fourth-order valence-corrected chi connectivity index (χ4v) is 0. The lowest BCUT2D eigenvalue weighted by Crippen LogP contribution is 0.143. The van der Waals surface area contributed by atoms with Crippen molar-refractivity contribution in [1.82, 2.24) is 0 Å². The zero-order valence-corrected chi connectivity index (χ0v) is 0. The Morgan fingerprint density at radius 1 is 0.500 bits per heavy atom. The van der Waals surface area contributed by atoms with E-state index in [0.717, 1.165) is 0 Å². The first-order chi connectivity index (χ1) is 0. The van der Waals surface area contributed by atoms with Crippen LogP contribution in [0.15, 0.2) is 0 Å². The van der Waals surface area contributed by atoms with Crippen LogP contribution in [-0.4, -0.2) is 0 Å². The van der Waals surface area contributed by atoms with E-state index in [1.54, 1.807) is 0 Å². The summed E-state index contributed by atoms with van der Waals surface area (Å²) in [5.74, 6) is 0. The van der Waals surface area contributed by atoms with E-state index in [4.69, 9.17) is 0 Å². The second-order valence-electron chi connectivity index (χ2n) is 0. The zero-order valence-electron chi connectivity index (χ0n) is 2.00. The molecular formula is C6H30-2. The van der Waals surface area contributed by atoms with Crippen LogP contribution in [0.5, 0.6) is 0 Å². The van der Waals surface area contributed by atoms with Gasteiger partial charge in [0.1, 0.15) is 0 Å². The molecule has 56 valence electrons. The summed E-state index contributed by atoms with van der Waals surface area (Å²) in [6.45, 7) is 0. The van der Waals surface area contributed by atoms with Gasteiger partial charge in [-0.05, 0) is 0 Å². The average molecular weight is 110 g/mol. The Balaban J connectivity index is 0. The normalized spacial score (nSPS) is 0. The third-order valence-electron chi connectivity index (χ3n) is 0. The van der Waals surface area contributed by atoms with E-state index in [9.17, 15) is 0 Å². The van der Waals surface area contributed by atoms with Gasteiger partial charge in [0.2, 0.25) is 0 Å². The minimum absolute atomic E-state index is 0. The molecule has 0 nitrogen and oxygen atoms in total. The lowest BCUT2D eigenvalue weighted by atomic mass is 12.0. The molecule has 0 heteroatoms. The molecule has 0 spiro atoms. The van der Waals surface area contributed by atoms with Crippen LogP contribution >= 0.6 is 0 Å². The van der Waals surface area contributed by atoms with Gasteiger partial charge in [0, 0.05) is 2.85 Å². The highest BCUT2D eigenvalue weighted by molar-refractivity contribution is 2.51. The highest BCUT2D eigenvalue weighted by Gasteiger charge is -0.0726. The van der Waals surface area contributed by atoms with E-state index in [1.165, 1.54) is 0 Å². The van der Waals surface area contributed by atoms with Crippen molar-refractivity contribution in [3.63, 3.8) is 0 Å². The van der Waals surface area contributed by atoms with E-state index >= 15 is 0 Å². The third kappa shape index (κ3) is 0. The predicted molar refractivity (Wildman–Crippen MR) is 46.8 cm³/mol. The fourth-order valence-electron chi connectivity index (χ4n) is 0. The third-order valence-corrected chi connectivity index (χ3v) is 0. The molecule has 0 amide bonds. The van der Waals surface area contributed by atoms with E-state index < -0.39 is 0 Å². The first-order valence-electron chi connectivity index (χ1n) is 0. The smallest absolute Gasteiger partial charge is 0 e. The molecule has 0 aliphatic carbocycles. The van der Waals surface area contributed by atoms with Crippen molar-refractivity contribution in [2.75, 3.05) is 0 Å². The molecule has 0 aliphatic rings. The van der Waals surface area contributed by atoms with Gasteiger partial charge in [-0.15, -0.1) is 0 Å². The summed E-state index contributed by atoms with van der Waals surface area (Å²) in [7, 11) is 0. The molecule has 0 saturated heterocycles. The van der Waals surface area contributed by atoms with E-state index in [-0.39, 0.29) is 50.3 Å². The molecule has 0 aromatic carbocycles. The summed E-state index contributed by atoms with van der Waals surface area (Å²) in [6, 6.07) is 0. The Labute approximate surface area is 51.5 Å². The van der Waals surface area contributed by atoms with Crippen LogP contribution in [0.25, 0.3) is 0 Å². The van der Waals surface area contributed by atoms with Gasteiger partial charge < -0.3 is 2.85 Å². The highest BCUT2D eigenvalue weighted by atomic mass is 12.0. The maximum Gasteiger partial charge on any atom is 0 e. The van der Waals surface area contributed by atoms with E-state index in [1.807, 2.05) is 0 Å². The van der Waals surface area contributed by atoms with Crippen LogP contribution in [0.2, 0.25) is 0 Å². The molecule has 0 bridgehead atoms. The molecule has 0 radical (unpaired) electrons. The van der Waals surface area contributed by atoms with Crippen molar-refractivity contribution in [1.29, 1.82) is 0 Å². The molecular weight excluding hydrogens is 72.1 g/mol. The van der Waals surface area contributed by atoms with Crippen molar-refractivity contribution in [3.05, 3.63) is 0 Å². The Bertz CT molecular complexity index is 9.71. The second-order valence-corrected chi connectivity index (χ2v) is 0. The van der Waals surface area contributed by atoms with Gasteiger partial charge in [0.25, 0.3) is 0 Å². The molecule has 0 heterocycles.